The molecular weight excluding hydrogens is 360 g/mol. The molecule has 4 heteroatoms. The molecule has 0 aliphatic carbocycles. The zero-order chi connectivity index (χ0) is 21.2. The first-order valence-electron chi connectivity index (χ1n) is 12.0. The Balaban J connectivity index is 1.86. The predicted octanol–water partition coefficient (Wildman–Crippen LogP) is 7.69. The number of amides is 1. The number of rotatable bonds is 18. The normalized spacial score (nSPS) is 11.8. The van der Waals surface area contributed by atoms with Gasteiger partial charge in [-0.2, -0.15) is 5.10 Å². The molecule has 1 amide bonds. The summed E-state index contributed by atoms with van der Waals surface area (Å²) in [6.07, 6.45) is 20.6. The first-order valence-corrected chi connectivity index (χ1v) is 12.0. The molecule has 0 saturated carbocycles. The van der Waals surface area contributed by atoms with Crippen molar-refractivity contribution in [2.24, 2.45) is 5.10 Å². The van der Waals surface area contributed by atoms with Crippen LogP contribution in [0.4, 0.5) is 0 Å². The summed E-state index contributed by atoms with van der Waals surface area (Å²) in [6, 6.07) is 3.76. The Labute approximate surface area is 178 Å². The van der Waals surface area contributed by atoms with Gasteiger partial charge in [-0.05, 0) is 32.4 Å². The topological polar surface area (TPSA) is 54.6 Å². The highest BCUT2D eigenvalue weighted by molar-refractivity contribution is 5.96. The van der Waals surface area contributed by atoms with E-state index in [1.54, 1.807) is 0 Å². The third-order valence-corrected chi connectivity index (χ3v) is 5.45. The second-order valence-corrected chi connectivity index (χ2v) is 8.34. The molecular formula is C25H44N2O2. The Morgan fingerprint density at radius 3 is 1.76 bits per heavy atom. The number of hydrazone groups is 1. The molecule has 1 aromatic heterocycles. The lowest BCUT2D eigenvalue weighted by Gasteiger charge is -2.04. The molecule has 1 heterocycles. The minimum Gasteiger partial charge on any atom is -0.460 e. The molecule has 0 aliphatic heterocycles. The minimum atomic E-state index is -0.0117. The van der Waals surface area contributed by atoms with Crippen molar-refractivity contribution in [1.29, 1.82) is 0 Å². The summed E-state index contributed by atoms with van der Waals surface area (Å²) >= 11 is 0. The van der Waals surface area contributed by atoms with Crippen LogP contribution < -0.4 is 5.43 Å². The zero-order valence-electron chi connectivity index (χ0n) is 19.2. The lowest BCUT2D eigenvalue weighted by molar-refractivity contribution is -0.121. The van der Waals surface area contributed by atoms with E-state index < -0.39 is 0 Å². The molecule has 1 aromatic rings. The van der Waals surface area contributed by atoms with Crippen molar-refractivity contribution in [3.05, 3.63) is 23.7 Å². The summed E-state index contributed by atoms with van der Waals surface area (Å²) in [7, 11) is 0. The molecule has 0 atom stereocenters. The number of unbranched alkanes of at least 4 members (excludes halogenated alkanes) is 14. The van der Waals surface area contributed by atoms with Gasteiger partial charge in [0, 0.05) is 6.42 Å². The van der Waals surface area contributed by atoms with Crippen molar-refractivity contribution < 1.29 is 9.21 Å². The van der Waals surface area contributed by atoms with E-state index in [9.17, 15) is 4.79 Å². The molecule has 0 fully saturated rings. The van der Waals surface area contributed by atoms with Crippen LogP contribution in [-0.2, 0) is 4.79 Å². The average Bonchev–Trinajstić information content (AvgIpc) is 3.15. The van der Waals surface area contributed by atoms with Gasteiger partial charge >= 0.3 is 0 Å². The minimum absolute atomic E-state index is 0.0117. The van der Waals surface area contributed by atoms with Gasteiger partial charge in [-0.3, -0.25) is 4.79 Å². The summed E-state index contributed by atoms with van der Waals surface area (Å²) in [4.78, 5) is 11.9. The number of hydrogen-bond donors (Lipinski definition) is 1. The lowest BCUT2D eigenvalue weighted by atomic mass is 10.0. The monoisotopic (exact) mass is 404 g/mol. The van der Waals surface area contributed by atoms with E-state index in [1.165, 1.54) is 83.5 Å². The molecule has 29 heavy (non-hydrogen) atoms. The number of carbonyl (C=O) groups excluding carboxylic acids is 1. The molecule has 0 bridgehead atoms. The fourth-order valence-corrected chi connectivity index (χ4v) is 3.54. The summed E-state index contributed by atoms with van der Waals surface area (Å²) in [6.45, 7) is 6.01. The van der Waals surface area contributed by atoms with Gasteiger partial charge in [-0.1, -0.05) is 96.8 Å². The summed E-state index contributed by atoms with van der Waals surface area (Å²) in [5, 5.41) is 4.12. The van der Waals surface area contributed by atoms with Crippen LogP contribution in [0, 0.1) is 6.92 Å². The van der Waals surface area contributed by atoms with Crippen LogP contribution >= 0.6 is 0 Å². The Kier molecular flexibility index (Phi) is 15.2. The quantitative estimate of drug-likeness (QED) is 0.155. The van der Waals surface area contributed by atoms with Crippen LogP contribution in [0.3, 0.4) is 0 Å². The van der Waals surface area contributed by atoms with Gasteiger partial charge in [0.05, 0.1) is 0 Å². The van der Waals surface area contributed by atoms with Gasteiger partial charge in [0.2, 0.25) is 5.91 Å². The molecule has 4 nitrogen and oxygen atoms in total. The highest BCUT2D eigenvalue weighted by Crippen LogP contribution is 2.13. The van der Waals surface area contributed by atoms with Crippen molar-refractivity contribution in [3.8, 4) is 0 Å². The molecule has 166 valence electrons. The second-order valence-electron chi connectivity index (χ2n) is 8.34. The van der Waals surface area contributed by atoms with E-state index in [2.05, 4.69) is 17.5 Å². The molecule has 0 spiro atoms. The van der Waals surface area contributed by atoms with E-state index >= 15 is 0 Å². The Hall–Kier alpha value is -1.58. The van der Waals surface area contributed by atoms with Gasteiger partial charge in [0.25, 0.3) is 0 Å². The van der Waals surface area contributed by atoms with Gasteiger partial charge in [0.1, 0.15) is 17.2 Å². The number of carbonyl (C=O) groups is 1. The first kappa shape index (κ1) is 25.5. The van der Waals surface area contributed by atoms with E-state index in [-0.39, 0.29) is 5.91 Å². The number of aryl methyl sites for hydroxylation is 1. The van der Waals surface area contributed by atoms with Crippen LogP contribution in [0.25, 0.3) is 0 Å². The Morgan fingerprint density at radius 1 is 0.828 bits per heavy atom. The highest BCUT2D eigenvalue weighted by atomic mass is 16.3. The van der Waals surface area contributed by atoms with Crippen molar-refractivity contribution in [1.82, 2.24) is 5.43 Å². The SMILES string of the molecule is CCCCCCCCCCCCCCCCCC(=O)NN=C(C)c1ccc(C)o1. The van der Waals surface area contributed by atoms with E-state index in [4.69, 9.17) is 4.42 Å². The molecule has 0 unspecified atom stereocenters. The average molecular weight is 405 g/mol. The number of furan rings is 1. The number of hydrogen-bond acceptors (Lipinski definition) is 3. The maximum atomic E-state index is 11.9. The second kappa shape index (κ2) is 17.3. The van der Waals surface area contributed by atoms with Gasteiger partial charge in [-0.25, -0.2) is 5.43 Å². The Morgan fingerprint density at radius 2 is 1.31 bits per heavy atom. The van der Waals surface area contributed by atoms with Gasteiger partial charge in [0.15, 0.2) is 0 Å². The highest BCUT2D eigenvalue weighted by Gasteiger charge is 2.04. The van der Waals surface area contributed by atoms with Crippen molar-refractivity contribution in [3.63, 3.8) is 0 Å². The fraction of sp³-hybridized carbons (Fsp3) is 0.760. The Bertz CT molecular complexity index is 563. The smallest absolute Gasteiger partial charge is 0.240 e. The number of nitrogens with zero attached hydrogens (tertiary/aromatic N) is 1. The molecule has 0 aliphatic rings. The molecule has 0 saturated heterocycles. The van der Waals surface area contributed by atoms with Crippen LogP contribution in [0.2, 0.25) is 0 Å². The van der Waals surface area contributed by atoms with E-state index in [0.717, 1.165) is 18.6 Å². The summed E-state index contributed by atoms with van der Waals surface area (Å²) in [5.41, 5.74) is 3.33. The van der Waals surface area contributed by atoms with E-state index in [0.29, 0.717) is 17.9 Å². The fourth-order valence-electron chi connectivity index (χ4n) is 3.54. The van der Waals surface area contributed by atoms with Crippen LogP contribution in [0.1, 0.15) is 128 Å². The van der Waals surface area contributed by atoms with Crippen molar-refractivity contribution in [2.45, 2.75) is 124 Å². The maximum Gasteiger partial charge on any atom is 0.240 e. The third-order valence-electron chi connectivity index (χ3n) is 5.45. The lowest BCUT2D eigenvalue weighted by Crippen LogP contribution is -2.18. The summed E-state index contributed by atoms with van der Waals surface area (Å²) < 4.78 is 5.49. The van der Waals surface area contributed by atoms with E-state index in [1.807, 2.05) is 26.0 Å². The third kappa shape index (κ3) is 14.1. The van der Waals surface area contributed by atoms with Crippen LogP contribution in [0.5, 0.6) is 0 Å². The van der Waals surface area contributed by atoms with Gasteiger partial charge < -0.3 is 4.42 Å². The maximum absolute atomic E-state index is 11.9. The number of nitrogens with one attached hydrogen (secondary N) is 1. The molecule has 0 aromatic carbocycles. The first-order chi connectivity index (χ1) is 14.1. The van der Waals surface area contributed by atoms with Crippen molar-refractivity contribution >= 4 is 11.6 Å². The van der Waals surface area contributed by atoms with Gasteiger partial charge in [-0.15, -0.1) is 0 Å². The summed E-state index contributed by atoms with van der Waals surface area (Å²) in [5.74, 6) is 1.54. The van der Waals surface area contributed by atoms with Crippen LogP contribution in [-0.4, -0.2) is 11.6 Å². The van der Waals surface area contributed by atoms with Crippen LogP contribution in [0.15, 0.2) is 21.7 Å². The zero-order valence-corrected chi connectivity index (χ0v) is 19.2. The van der Waals surface area contributed by atoms with Crippen molar-refractivity contribution in [2.75, 3.05) is 0 Å². The molecule has 1 rings (SSSR count). The molecule has 0 radical (unpaired) electrons. The standard InChI is InChI=1S/C25H44N2O2/c1-4-5-6-7-8-9-10-11-12-13-14-15-16-17-18-19-25(28)27-26-23(3)24-21-20-22(2)29-24/h20-21H,4-19H2,1-3H3,(H,27,28). The predicted molar refractivity (Wildman–Crippen MR) is 123 cm³/mol. The largest absolute Gasteiger partial charge is 0.460 e. The molecule has 1 N–H and O–H groups in total.